The standard InChI is InChI=1S/C14H17NO4/c1-8-5-12(19-3)9(2)4-11(8)15-7-10(14(17)18)6-13(15)16/h4-5,10H,6-7H2,1-3H3,(H,17,18). The van der Waals surface area contributed by atoms with Crippen molar-refractivity contribution in [2.24, 2.45) is 5.92 Å². The van der Waals surface area contributed by atoms with Crippen molar-refractivity contribution in [1.82, 2.24) is 0 Å². The summed E-state index contributed by atoms with van der Waals surface area (Å²) in [5.41, 5.74) is 2.60. The normalized spacial score (nSPS) is 18.8. The van der Waals surface area contributed by atoms with E-state index in [9.17, 15) is 9.59 Å². The second-order valence-corrected chi connectivity index (χ2v) is 4.85. The van der Waals surface area contributed by atoms with Crippen LogP contribution in [0.3, 0.4) is 0 Å². The van der Waals surface area contributed by atoms with Gasteiger partial charge in [0.2, 0.25) is 5.91 Å². The smallest absolute Gasteiger partial charge is 0.308 e. The van der Waals surface area contributed by atoms with Crippen LogP contribution in [0.1, 0.15) is 17.5 Å². The van der Waals surface area contributed by atoms with Crippen LogP contribution in [0.2, 0.25) is 0 Å². The molecule has 19 heavy (non-hydrogen) atoms. The molecule has 102 valence electrons. The van der Waals surface area contributed by atoms with Gasteiger partial charge in [0.1, 0.15) is 5.75 Å². The highest BCUT2D eigenvalue weighted by molar-refractivity contribution is 5.99. The maximum atomic E-state index is 11.9. The number of benzene rings is 1. The summed E-state index contributed by atoms with van der Waals surface area (Å²) in [4.78, 5) is 24.5. The molecular weight excluding hydrogens is 246 g/mol. The Hall–Kier alpha value is -2.04. The first kappa shape index (κ1) is 13.4. The first-order valence-electron chi connectivity index (χ1n) is 6.12. The van der Waals surface area contributed by atoms with E-state index in [-0.39, 0.29) is 18.9 Å². The molecule has 5 nitrogen and oxygen atoms in total. The van der Waals surface area contributed by atoms with Crippen molar-refractivity contribution >= 4 is 17.6 Å². The van der Waals surface area contributed by atoms with E-state index in [4.69, 9.17) is 9.84 Å². The Morgan fingerprint density at radius 1 is 1.37 bits per heavy atom. The molecule has 1 saturated heterocycles. The van der Waals surface area contributed by atoms with Crippen LogP contribution < -0.4 is 9.64 Å². The van der Waals surface area contributed by atoms with Crippen molar-refractivity contribution in [3.05, 3.63) is 23.3 Å². The zero-order chi connectivity index (χ0) is 14.2. The lowest BCUT2D eigenvalue weighted by atomic mass is 10.1. The SMILES string of the molecule is COc1cc(C)c(N2CC(C(=O)O)CC2=O)cc1C. The minimum absolute atomic E-state index is 0.0693. The van der Waals surface area contributed by atoms with Crippen LogP contribution in [0, 0.1) is 19.8 Å². The number of hydrogen-bond acceptors (Lipinski definition) is 3. The Kier molecular flexibility index (Phi) is 3.46. The highest BCUT2D eigenvalue weighted by Gasteiger charge is 2.35. The Labute approximate surface area is 111 Å². The average Bonchev–Trinajstić information content (AvgIpc) is 2.74. The second kappa shape index (κ2) is 4.91. The molecule has 1 aromatic rings. The number of rotatable bonds is 3. The number of hydrogen-bond donors (Lipinski definition) is 1. The van der Waals surface area contributed by atoms with Crippen molar-refractivity contribution in [3.8, 4) is 5.75 Å². The largest absolute Gasteiger partial charge is 0.496 e. The van der Waals surface area contributed by atoms with Crippen LogP contribution in [0.25, 0.3) is 0 Å². The van der Waals surface area contributed by atoms with E-state index in [1.807, 2.05) is 26.0 Å². The topological polar surface area (TPSA) is 66.8 Å². The summed E-state index contributed by atoms with van der Waals surface area (Å²) in [7, 11) is 1.60. The fourth-order valence-corrected chi connectivity index (χ4v) is 2.39. The van der Waals surface area contributed by atoms with E-state index in [1.54, 1.807) is 12.0 Å². The van der Waals surface area contributed by atoms with Crippen LogP contribution in [0.5, 0.6) is 5.75 Å². The van der Waals surface area contributed by atoms with Gasteiger partial charge < -0.3 is 14.7 Å². The monoisotopic (exact) mass is 263 g/mol. The zero-order valence-corrected chi connectivity index (χ0v) is 11.3. The molecule has 0 saturated carbocycles. The third-order valence-electron chi connectivity index (χ3n) is 3.48. The average molecular weight is 263 g/mol. The molecule has 1 aliphatic rings. The fourth-order valence-electron chi connectivity index (χ4n) is 2.39. The van der Waals surface area contributed by atoms with Crippen LogP contribution in [-0.2, 0) is 9.59 Å². The first-order chi connectivity index (χ1) is 8.93. The van der Waals surface area contributed by atoms with Crippen LogP contribution in [0.4, 0.5) is 5.69 Å². The zero-order valence-electron chi connectivity index (χ0n) is 11.3. The minimum Gasteiger partial charge on any atom is -0.496 e. The third kappa shape index (κ3) is 2.41. The highest BCUT2D eigenvalue weighted by Crippen LogP contribution is 2.32. The predicted octanol–water partition coefficient (Wildman–Crippen LogP) is 1.75. The van der Waals surface area contributed by atoms with Gasteiger partial charge in [-0.05, 0) is 37.1 Å². The summed E-state index contributed by atoms with van der Waals surface area (Å²) < 4.78 is 5.23. The van der Waals surface area contributed by atoms with Crippen molar-refractivity contribution in [1.29, 1.82) is 0 Å². The van der Waals surface area contributed by atoms with E-state index >= 15 is 0 Å². The number of carboxylic acid groups (broad SMARTS) is 1. The number of carboxylic acids is 1. The summed E-state index contributed by atoms with van der Waals surface area (Å²) in [6.07, 6.45) is 0.0693. The Morgan fingerprint density at radius 3 is 2.58 bits per heavy atom. The Balaban J connectivity index is 2.35. The Bertz CT molecular complexity index is 538. The van der Waals surface area contributed by atoms with Gasteiger partial charge >= 0.3 is 5.97 Å². The molecule has 0 radical (unpaired) electrons. The van der Waals surface area contributed by atoms with Gasteiger partial charge in [-0.25, -0.2) is 0 Å². The van der Waals surface area contributed by atoms with Crippen molar-refractivity contribution in [2.75, 3.05) is 18.6 Å². The van der Waals surface area contributed by atoms with E-state index < -0.39 is 11.9 Å². The van der Waals surface area contributed by atoms with Gasteiger partial charge in [0.15, 0.2) is 0 Å². The first-order valence-corrected chi connectivity index (χ1v) is 6.12. The number of aryl methyl sites for hydroxylation is 2. The minimum atomic E-state index is -0.918. The Morgan fingerprint density at radius 2 is 2.05 bits per heavy atom. The number of carbonyl (C=O) groups excluding carboxylic acids is 1. The van der Waals surface area contributed by atoms with Gasteiger partial charge in [-0.1, -0.05) is 0 Å². The van der Waals surface area contributed by atoms with Crippen LogP contribution in [-0.4, -0.2) is 30.6 Å². The maximum Gasteiger partial charge on any atom is 0.308 e. The van der Waals surface area contributed by atoms with E-state index in [0.29, 0.717) is 0 Å². The van der Waals surface area contributed by atoms with E-state index in [2.05, 4.69) is 0 Å². The fraction of sp³-hybridized carbons (Fsp3) is 0.429. The molecule has 1 atom stereocenters. The van der Waals surface area contributed by atoms with Gasteiger partial charge in [-0.2, -0.15) is 0 Å². The number of amides is 1. The molecule has 1 aliphatic heterocycles. The maximum absolute atomic E-state index is 11.9. The number of ether oxygens (including phenoxy) is 1. The summed E-state index contributed by atoms with van der Waals surface area (Å²) in [6.45, 7) is 4.02. The molecule has 0 spiro atoms. The van der Waals surface area contributed by atoms with Gasteiger partial charge in [-0.3, -0.25) is 9.59 Å². The number of nitrogens with zero attached hydrogens (tertiary/aromatic N) is 1. The molecule has 1 amide bonds. The molecule has 0 bridgehead atoms. The molecule has 2 rings (SSSR count). The van der Waals surface area contributed by atoms with Gasteiger partial charge in [0, 0.05) is 18.7 Å². The van der Waals surface area contributed by atoms with Crippen molar-refractivity contribution < 1.29 is 19.4 Å². The summed E-state index contributed by atoms with van der Waals surface area (Å²) >= 11 is 0. The molecular formula is C14H17NO4. The third-order valence-corrected chi connectivity index (χ3v) is 3.48. The van der Waals surface area contributed by atoms with Crippen LogP contribution >= 0.6 is 0 Å². The second-order valence-electron chi connectivity index (χ2n) is 4.85. The number of aliphatic carboxylic acids is 1. The molecule has 1 aromatic carbocycles. The van der Waals surface area contributed by atoms with Crippen molar-refractivity contribution in [2.45, 2.75) is 20.3 Å². The highest BCUT2D eigenvalue weighted by atomic mass is 16.5. The number of carbonyl (C=O) groups is 2. The van der Waals surface area contributed by atoms with Crippen molar-refractivity contribution in [3.63, 3.8) is 0 Å². The molecule has 1 heterocycles. The lowest BCUT2D eigenvalue weighted by Gasteiger charge is -2.20. The quantitative estimate of drug-likeness (QED) is 0.902. The molecule has 1 N–H and O–H groups in total. The predicted molar refractivity (Wildman–Crippen MR) is 70.6 cm³/mol. The van der Waals surface area contributed by atoms with E-state index in [0.717, 1.165) is 22.6 Å². The van der Waals surface area contributed by atoms with E-state index in [1.165, 1.54) is 0 Å². The summed E-state index contributed by atoms with van der Waals surface area (Å²) in [5, 5.41) is 9.00. The van der Waals surface area contributed by atoms with Gasteiger partial charge in [0.05, 0.1) is 13.0 Å². The molecule has 0 aliphatic carbocycles. The summed E-state index contributed by atoms with van der Waals surface area (Å²) in [5.74, 6) is -0.907. The molecule has 5 heteroatoms. The summed E-state index contributed by atoms with van der Waals surface area (Å²) in [6, 6.07) is 3.74. The number of methoxy groups -OCH3 is 1. The lowest BCUT2D eigenvalue weighted by molar-refractivity contribution is -0.141. The lowest BCUT2D eigenvalue weighted by Crippen LogP contribution is -2.26. The number of anilines is 1. The van der Waals surface area contributed by atoms with Gasteiger partial charge in [0.25, 0.3) is 0 Å². The molecule has 1 unspecified atom stereocenters. The molecule has 0 aromatic heterocycles. The van der Waals surface area contributed by atoms with Crippen LogP contribution in [0.15, 0.2) is 12.1 Å². The van der Waals surface area contributed by atoms with Gasteiger partial charge in [-0.15, -0.1) is 0 Å². The molecule has 1 fully saturated rings.